The van der Waals surface area contributed by atoms with Crippen LogP contribution < -0.4 is 5.32 Å². The number of halogens is 3. The van der Waals surface area contributed by atoms with Gasteiger partial charge >= 0.3 is 0 Å². The molecule has 0 amide bonds. The molecule has 1 aliphatic carbocycles. The molecule has 0 saturated carbocycles. The predicted molar refractivity (Wildman–Crippen MR) is 151 cm³/mol. The molecular weight excluding hydrogens is 518 g/mol. The van der Waals surface area contributed by atoms with Crippen molar-refractivity contribution in [3.05, 3.63) is 111 Å². The van der Waals surface area contributed by atoms with E-state index in [1.165, 1.54) is 17.7 Å². The second-order valence-corrected chi connectivity index (χ2v) is 10.9. The molecule has 3 heterocycles. The third-order valence-corrected chi connectivity index (χ3v) is 8.11. The highest BCUT2D eigenvalue weighted by atomic mass is 35.5. The van der Waals surface area contributed by atoms with Crippen molar-refractivity contribution >= 4 is 34.9 Å². The van der Waals surface area contributed by atoms with Crippen molar-refractivity contribution in [1.29, 1.82) is 0 Å². The molecule has 1 aliphatic heterocycles. The molecule has 1 radical (unpaired) electrons. The van der Waals surface area contributed by atoms with Crippen molar-refractivity contribution in [2.75, 3.05) is 6.54 Å². The Morgan fingerprint density at radius 2 is 1.76 bits per heavy atom. The number of benzene rings is 2. The summed E-state index contributed by atoms with van der Waals surface area (Å²) in [7, 11) is 0. The lowest BCUT2D eigenvalue weighted by molar-refractivity contribution is 0.285. The highest BCUT2D eigenvalue weighted by Gasteiger charge is 2.44. The summed E-state index contributed by atoms with van der Waals surface area (Å²) in [5.41, 5.74) is 6.40. The van der Waals surface area contributed by atoms with Crippen LogP contribution in [0.25, 0.3) is 17.3 Å². The number of aromatic nitrogens is 3. The fraction of sp³-hybridized carbons (Fsp3) is 0.290. The maximum atomic E-state index is 13.7. The van der Waals surface area contributed by atoms with Crippen LogP contribution in [0, 0.1) is 5.82 Å². The lowest BCUT2D eigenvalue weighted by Gasteiger charge is -2.35. The van der Waals surface area contributed by atoms with Gasteiger partial charge in [-0.1, -0.05) is 41.4 Å². The van der Waals surface area contributed by atoms with E-state index in [4.69, 9.17) is 38.6 Å². The van der Waals surface area contributed by atoms with Crippen LogP contribution in [0.15, 0.2) is 66.9 Å². The molecule has 4 aromatic rings. The van der Waals surface area contributed by atoms with E-state index >= 15 is 0 Å². The van der Waals surface area contributed by atoms with Crippen LogP contribution in [0.1, 0.15) is 66.7 Å². The Morgan fingerprint density at radius 1 is 0.921 bits per heavy atom. The lowest BCUT2D eigenvalue weighted by atomic mass is 9.79. The molecule has 1 atom stereocenters. The third-order valence-electron chi connectivity index (χ3n) is 7.57. The molecule has 193 valence electrons. The molecule has 7 heteroatoms. The molecule has 1 saturated heterocycles. The number of hydrogen-bond donors (Lipinski definition) is 0. The summed E-state index contributed by atoms with van der Waals surface area (Å²) in [6.45, 7) is 0.776. The van der Waals surface area contributed by atoms with Gasteiger partial charge in [0.2, 0.25) is 0 Å². The zero-order chi connectivity index (χ0) is 26.1. The summed E-state index contributed by atoms with van der Waals surface area (Å²) in [5, 5.41) is 11.7. The van der Waals surface area contributed by atoms with Crippen molar-refractivity contribution in [1.82, 2.24) is 20.1 Å². The molecule has 0 spiro atoms. The van der Waals surface area contributed by atoms with Crippen LogP contribution in [-0.2, 0) is 12.0 Å². The molecular formula is C31H28Cl2FN4. The van der Waals surface area contributed by atoms with Gasteiger partial charge in [-0.3, -0.25) is 4.98 Å². The first-order valence-corrected chi connectivity index (χ1v) is 14.0. The SMILES string of the molecule is Fc1ccc(/C=C2\CCCCc3c(C4(c5ccccn5)CCCC[N]4)nn(-c4ccc(Cl)cc4Cl)c32)cc1. The second kappa shape index (κ2) is 10.6. The molecule has 4 nitrogen and oxygen atoms in total. The Hall–Kier alpha value is -2.99. The number of piperidine rings is 1. The highest BCUT2D eigenvalue weighted by molar-refractivity contribution is 6.35. The van der Waals surface area contributed by atoms with Gasteiger partial charge in [0.1, 0.15) is 11.4 Å². The van der Waals surface area contributed by atoms with E-state index in [1.54, 1.807) is 6.07 Å². The second-order valence-electron chi connectivity index (χ2n) is 10.0. The molecule has 0 bridgehead atoms. The van der Waals surface area contributed by atoms with Gasteiger partial charge in [-0.05, 0) is 105 Å². The average molecular weight is 546 g/mol. The van der Waals surface area contributed by atoms with Gasteiger partial charge in [-0.2, -0.15) is 5.10 Å². The van der Waals surface area contributed by atoms with Gasteiger partial charge in [0.25, 0.3) is 0 Å². The fourth-order valence-corrected chi connectivity index (χ4v) is 6.27. The minimum atomic E-state index is -0.612. The van der Waals surface area contributed by atoms with Crippen LogP contribution in [0.2, 0.25) is 10.0 Å². The smallest absolute Gasteiger partial charge is 0.123 e. The number of nitrogens with zero attached hydrogens (tertiary/aromatic N) is 4. The minimum Gasteiger partial charge on any atom is -0.259 e. The van der Waals surface area contributed by atoms with E-state index in [-0.39, 0.29) is 5.82 Å². The first kappa shape index (κ1) is 25.3. The van der Waals surface area contributed by atoms with E-state index in [0.29, 0.717) is 10.0 Å². The van der Waals surface area contributed by atoms with Gasteiger partial charge in [0, 0.05) is 23.3 Å². The Balaban J connectivity index is 1.63. The summed E-state index contributed by atoms with van der Waals surface area (Å²) in [6.07, 6.45) is 10.8. The molecule has 2 aromatic carbocycles. The van der Waals surface area contributed by atoms with Crippen molar-refractivity contribution in [2.45, 2.75) is 50.5 Å². The van der Waals surface area contributed by atoms with Crippen LogP contribution in [0.3, 0.4) is 0 Å². The number of hydrogen-bond acceptors (Lipinski definition) is 2. The maximum Gasteiger partial charge on any atom is 0.123 e. The van der Waals surface area contributed by atoms with Gasteiger partial charge < -0.3 is 0 Å². The van der Waals surface area contributed by atoms with E-state index in [2.05, 4.69) is 12.1 Å². The molecule has 2 aliphatic rings. The van der Waals surface area contributed by atoms with Crippen molar-refractivity contribution in [3.8, 4) is 5.69 Å². The molecule has 0 N–H and O–H groups in total. The topological polar surface area (TPSA) is 44.8 Å². The van der Waals surface area contributed by atoms with E-state index in [1.807, 2.05) is 47.3 Å². The van der Waals surface area contributed by atoms with Crippen molar-refractivity contribution in [2.24, 2.45) is 0 Å². The lowest BCUT2D eigenvalue weighted by Crippen LogP contribution is -2.43. The standard InChI is InChI=1S/C31H28Cl2FN4/c32-23-12-15-27(26(33)20-23)38-29-22(19-21-10-13-24(34)14-11-21)7-1-2-8-25(29)30(37-38)31(16-4-6-18-36-31)28-9-3-5-17-35-28/h3,5,9-15,17,19-20H,1-2,4,6-8,16,18H2/b22-19+. The number of rotatable bonds is 4. The van der Waals surface area contributed by atoms with Crippen LogP contribution in [0.4, 0.5) is 4.39 Å². The van der Waals surface area contributed by atoms with E-state index in [9.17, 15) is 4.39 Å². The average Bonchev–Trinajstić information content (AvgIpc) is 3.20. The Labute approximate surface area is 232 Å². The Bertz CT molecular complexity index is 1470. The number of pyridine rings is 1. The van der Waals surface area contributed by atoms with Gasteiger partial charge in [-0.25, -0.2) is 14.4 Å². The maximum absolute atomic E-state index is 13.7. The summed E-state index contributed by atoms with van der Waals surface area (Å²) in [5.74, 6) is -0.245. The minimum absolute atomic E-state index is 0.245. The van der Waals surface area contributed by atoms with E-state index < -0.39 is 5.54 Å². The van der Waals surface area contributed by atoms with Gasteiger partial charge in [0.05, 0.1) is 27.8 Å². The van der Waals surface area contributed by atoms with Crippen LogP contribution >= 0.6 is 23.2 Å². The fourth-order valence-electron chi connectivity index (χ4n) is 5.79. The van der Waals surface area contributed by atoms with Gasteiger partial charge in [-0.15, -0.1) is 0 Å². The monoisotopic (exact) mass is 545 g/mol. The first-order chi connectivity index (χ1) is 18.5. The normalized spacial score (nSPS) is 20.8. The van der Waals surface area contributed by atoms with Crippen LogP contribution in [-0.4, -0.2) is 21.3 Å². The zero-order valence-corrected chi connectivity index (χ0v) is 22.5. The molecule has 1 unspecified atom stereocenters. The number of allylic oxidation sites excluding steroid dienone is 1. The van der Waals surface area contributed by atoms with Gasteiger partial charge in [0.15, 0.2) is 0 Å². The predicted octanol–water partition coefficient (Wildman–Crippen LogP) is 8.01. The summed E-state index contributed by atoms with van der Waals surface area (Å²) < 4.78 is 15.7. The summed E-state index contributed by atoms with van der Waals surface area (Å²) in [4.78, 5) is 4.79. The quantitative estimate of drug-likeness (QED) is 0.244. The Morgan fingerprint density at radius 3 is 2.50 bits per heavy atom. The third kappa shape index (κ3) is 4.68. The molecule has 1 fully saturated rings. The van der Waals surface area contributed by atoms with E-state index in [0.717, 1.165) is 85.4 Å². The molecule has 2 aromatic heterocycles. The number of fused-ring (bicyclic) bond motifs is 1. The van der Waals surface area contributed by atoms with Crippen LogP contribution in [0.5, 0.6) is 0 Å². The zero-order valence-electron chi connectivity index (χ0n) is 21.0. The summed E-state index contributed by atoms with van der Waals surface area (Å²) in [6, 6.07) is 18.2. The Kier molecular flexibility index (Phi) is 7.08. The highest BCUT2D eigenvalue weighted by Crippen LogP contribution is 2.44. The largest absolute Gasteiger partial charge is 0.259 e. The molecule has 6 rings (SSSR count). The van der Waals surface area contributed by atoms with Crippen molar-refractivity contribution in [3.63, 3.8) is 0 Å². The molecule has 38 heavy (non-hydrogen) atoms. The first-order valence-electron chi connectivity index (χ1n) is 13.2. The summed E-state index contributed by atoms with van der Waals surface area (Å²) >= 11 is 13.0. The van der Waals surface area contributed by atoms with Crippen molar-refractivity contribution < 1.29 is 4.39 Å².